The lowest BCUT2D eigenvalue weighted by atomic mass is 10.0. The van der Waals surface area contributed by atoms with Crippen LogP contribution in [0.2, 0.25) is 0 Å². The van der Waals surface area contributed by atoms with Gasteiger partial charge in [0.05, 0.1) is 6.61 Å². The van der Waals surface area contributed by atoms with Gasteiger partial charge in [-0.25, -0.2) is 0 Å². The lowest BCUT2D eigenvalue weighted by molar-refractivity contribution is -0.148. The Morgan fingerprint density at radius 1 is 1.00 bits per heavy atom. The second-order valence-electron chi connectivity index (χ2n) is 5.49. The van der Waals surface area contributed by atoms with Crippen molar-refractivity contribution in [2.75, 3.05) is 13.2 Å². The Bertz CT molecular complexity index is 228. The van der Waals surface area contributed by atoms with E-state index in [1.165, 1.54) is 44.9 Å². The van der Waals surface area contributed by atoms with Gasteiger partial charge >= 0.3 is 5.97 Å². The lowest BCUT2D eigenvalue weighted by Crippen LogP contribution is -2.41. The molecule has 2 rings (SSSR count). The van der Waals surface area contributed by atoms with Crippen molar-refractivity contribution in [1.82, 2.24) is 5.32 Å². The summed E-state index contributed by atoms with van der Waals surface area (Å²) >= 11 is 0. The smallest absolute Gasteiger partial charge is 0.323 e. The number of carbonyl (C=O) groups excluding carboxylic acids is 1. The van der Waals surface area contributed by atoms with Gasteiger partial charge < -0.3 is 10.1 Å². The second-order valence-corrected chi connectivity index (χ2v) is 5.49. The summed E-state index contributed by atoms with van der Waals surface area (Å²) in [5.74, 6) is 0.596. The topological polar surface area (TPSA) is 38.3 Å². The van der Waals surface area contributed by atoms with Gasteiger partial charge in [0.2, 0.25) is 0 Å². The van der Waals surface area contributed by atoms with Crippen LogP contribution in [0.3, 0.4) is 0 Å². The van der Waals surface area contributed by atoms with Crippen LogP contribution in [0.15, 0.2) is 0 Å². The Kier molecular flexibility index (Phi) is 5.30. The van der Waals surface area contributed by atoms with Gasteiger partial charge in [0.15, 0.2) is 0 Å². The van der Waals surface area contributed by atoms with Gasteiger partial charge in [-0.3, -0.25) is 4.79 Å². The second kappa shape index (κ2) is 7.00. The maximum absolute atomic E-state index is 11.8. The number of hydrogen-bond acceptors (Lipinski definition) is 3. The van der Waals surface area contributed by atoms with Crippen molar-refractivity contribution >= 4 is 5.97 Å². The average Bonchev–Trinajstić information content (AvgIpc) is 2.65. The molecular weight excluding hydrogens is 214 g/mol. The standard InChI is InChI=1S/C14H25NO2/c16-14(13-9-5-6-10-15-13)17-11-12-7-3-1-2-4-8-12/h12-13,15H,1-11H2/t13-/m0/s1. The van der Waals surface area contributed by atoms with Crippen molar-refractivity contribution in [1.29, 1.82) is 0 Å². The highest BCUT2D eigenvalue weighted by Gasteiger charge is 2.23. The molecule has 0 aromatic carbocycles. The minimum Gasteiger partial charge on any atom is -0.464 e. The van der Waals surface area contributed by atoms with Crippen LogP contribution in [0.1, 0.15) is 57.8 Å². The summed E-state index contributed by atoms with van der Waals surface area (Å²) in [4.78, 5) is 11.8. The maximum Gasteiger partial charge on any atom is 0.323 e. The van der Waals surface area contributed by atoms with E-state index in [1.54, 1.807) is 0 Å². The fourth-order valence-electron chi connectivity index (χ4n) is 2.88. The molecule has 0 aromatic heterocycles. The summed E-state index contributed by atoms with van der Waals surface area (Å²) in [5, 5.41) is 3.24. The molecule has 1 aliphatic carbocycles. The van der Waals surface area contributed by atoms with Crippen molar-refractivity contribution in [2.45, 2.75) is 63.8 Å². The molecule has 1 saturated carbocycles. The molecule has 0 bridgehead atoms. The third-order valence-corrected chi connectivity index (χ3v) is 4.03. The van der Waals surface area contributed by atoms with E-state index in [1.807, 2.05) is 0 Å². The van der Waals surface area contributed by atoms with Crippen LogP contribution < -0.4 is 5.32 Å². The molecule has 1 saturated heterocycles. The van der Waals surface area contributed by atoms with E-state index in [9.17, 15) is 4.79 Å². The molecular formula is C14H25NO2. The SMILES string of the molecule is O=C(OCC1CCCCCC1)[C@@H]1CCCCN1. The van der Waals surface area contributed by atoms with E-state index in [4.69, 9.17) is 4.74 Å². The molecule has 1 aliphatic heterocycles. The molecule has 2 fully saturated rings. The highest BCUT2D eigenvalue weighted by atomic mass is 16.5. The number of ether oxygens (including phenoxy) is 1. The minimum atomic E-state index is -0.0328. The van der Waals surface area contributed by atoms with Gasteiger partial charge in [-0.1, -0.05) is 32.1 Å². The molecule has 1 heterocycles. The van der Waals surface area contributed by atoms with Crippen LogP contribution in [-0.2, 0) is 9.53 Å². The third-order valence-electron chi connectivity index (χ3n) is 4.03. The highest BCUT2D eigenvalue weighted by molar-refractivity contribution is 5.75. The predicted molar refractivity (Wildman–Crippen MR) is 67.8 cm³/mol. The highest BCUT2D eigenvalue weighted by Crippen LogP contribution is 2.23. The van der Waals surface area contributed by atoms with Crippen LogP contribution in [-0.4, -0.2) is 25.2 Å². The number of rotatable bonds is 3. The largest absolute Gasteiger partial charge is 0.464 e. The third kappa shape index (κ3) is 4.30. The van der Waals surface area contributed by atoms with Crippen molar-refractivity contribution in [3.8, 4) is 0 Å². The van der Waals surface area contributed by atoms with Gasteiger partial charge in [-0.15, -0.1) is 0 Å². The molecule has 0 unspecified atom stereocenters. The molecule has 0 amide bonds. The summed E-state index contributed by atoms with van der Waals surface area (Å²) in [6.45, 7) is 1.61. The fourth-order valence-corrected chi connectivity index (χ4v) is 2.88. The van der Waals surface area contributed by atoms with Gasteiger partial charge in [0, 0.05) is 0 Å². The average molecular weight is 239 g/mol. The maximum atomic E-state index is 11.8. The van der Waals surface area contributed by atoms with Gasteiger partial charge in [0.1, 0.15) is 6.04 Å². The molecule has 3 nitrogen and oxygen atoms in total. The molecule has 0 aromatic rings. The van der Waals surface area contributed by atoms with Gasteiger partial charge in [-0.2, -0.15) is 0 Å². The van der Waals surface area contributed by atoms with Gasteiger partial charge in [-0.05, 0) is 38.1 Å². The van der Waals surface area contributed by atoms with Crippen molar-refractivity contribution in [2.24, 2.45) is 5.92 Å². The molecule has 3 heteroatoms. The summed E-state index contributed by atoms with van der Waals surface area (Å²) < 4.78 is 5.48. The van der Waals surface area contributed by atoms with E-state index in [0.717, 1.165) is 19.4 Å². The summed E-state index contributed by atoms with van der Waals surface area (Å²) in [6.07, 6.45) is 11.1. The zero-order valence-electron chi connectivity index (χ0n) is 10.7. The first-order valence-electron chi connectivity index (χ1n) is 7.26. The fraction of sp³-hybridized carbons (Fsp3) is 0.929. The molecule has 98 valence electrons. The molecule has 1 atom stereocenters. The normalized spacial score (nSPS) is 27.4. The number of nitrogens with one attached hydrogen (secondary N) is 1. The van der Waals surface area contributed by atoms with Crippen molar-refractivity contribution < 1.29 is 9.53 Å². The van der Waals surface area contributed by atoms with E-state index in [2.05, 4.69) is 5.32 Å². The van der Waals surface area contributed by atoms with E-state index >= 15 is 0 Å². The quantitative estimate of drug-likeness (QED) is 0.608. The predicted octanol–water partition coefficient (Wildman–Crippen LogP) is 2.64. The van der Waals surface area contributed by atoms with E-state index in [-0.39, 0.29) is 12.0 Å². The summed E-state index contributed by atoms with van der Waals surface area (Å²) in [7, 11) is 0. The first kappa shape index (κ1) is 12.9. The molecule has 1 N–H and O–H groups in total. The molecule has 0 radical (unpaired) electrons. The van der Waals surface area contributed by atoms with E-state index in [0.29, 0.717) is 12.5 Å². The molecule has 0 spiro atoms. The van der Waals surface area contributed by atoms with Crippen LogP contribution in [0, 0.1) is 5.92 Å². The Morgan fingerprint density at radius 3 is 2.35 bits per heavy atom. The first-order chi connectivity index (χ1) is 8.36. The van der Waals surface area contributed by atoms with Crippen molar-refractivity contribution in [3.05, 3.63) is 0 Å². The molecule has 2 aliphatic rings. The Morgan fingerprint density at radius 2 is 1.71 bits per heavy atom. The molecule has 17 heavy (non-hydrogen) atoms. The first-order valence-corrected chi connectivity index (χ1v) is 7.26. The Balaban J connectivity index is 1.67. The van der Waals surface area contributed by atoms with Gasteiger partial charge in [0.25, 0.3) is 0 Å². The minimum absolute atomic E-state index is 0.0195. The monoisotopic (exact) mass is 239 g/mol. The Labute approximate surface area is 104 Å². The van der Waals surface area contributed by atoms with Crippen LogP contribution >= 0.6 is 0 Å². The number of piperidine rings is 1. The number of carbonyl (C=O) groups is 1. The lowest BCUT2D eigenvalue weighted by Gasteiger charge is -2.23. The number of esters is 1. The zero-order valence-corrected chi connectivity index (χ0v) is 10.7. The zero-order chi connectivity index (χ0) is 11.9. The summed E-state index contributed by atoms with van der Waals surface area (Å²) in [6, 6.07) is -0.0328. The van der Waals surface area contributed by atoms with Crippen LogP contribution in [0.5, 0.6) is 0 Å². The van der Waals surface area contributed by atoms with Crippen LogP contribution in [0.25, 0.3) is 0 Å². The Hall–Kier alpha value is -0.570. The summed E-state index contributed by atoms with van der Waals surface area (Å²) in [5.41, 5.74) is 0. The van der Waals surface area contributed by atoms with Crippen LogP contribution in [0.4, 0.5) is 0 Å². The number of hydrogen-bond donors (Lipinski definition) is 1. The van der Waals surface area contributed by atoms with E-state index < -0.39 is 0 Å². The van der Waals surface area contributed by atoms with Crippen molar-refractivity contribution in [3.63, 3.8) is 0 Å².